The van der Waals surface area contributed by atoms with Crippen molar-refractivity contribution >= 4 is 5.91 Å². The van der Waals surface area contributed by atoms with Crippen LogP contribution in [0.3, 0.4) is 0 Å². The van der Waals surface area contributed by atoms with Crippen LogP contribution in [0.15, 0.2) is 48.8 Å². The highest BCUT2D eigenvalue weighted by Crippen LogP contribution is 2.58. The molecule has 0 radical (unpaired) electrons. The summed E-state index contributed by atoms with van der Waals surface area (Å²) in [5.41, 5.74) is 2.14. The van der Waals surface area contributed by atoms with Crippen molar-refractivity contribution in [2.75, 3.05) is 39.3 Å². The zero-order chi connectivity index (χ0) is 22.2. The van der Waals surface area contributed by atoms with E-state index in [9.17, 15) is 9.18 Å². The Labute approximate surface area is 190 Å². The molecule has 1 unspecified atom stereocenters. The highest BCUT2D eigenvalue weighted by atomic mass is 19.1. The number of nitrogens with zero attached hydrogens (tertiary/aromatic N) is 4. The summed E-state index contributed by atoms with van der Waals surface area (Å²) in [7, 11) is 0. The first-order valence-electron chi connectivity index (χ1n) is 11.9. The molecule has 1 aromatic carbocycles. The van der Waals surface area contributed by atoms with E-state index >= 15 is 0 Å². The van der Waals surface area contributed by atoms with Crippen molar-refractivity contribution in [1.82, 2.24) is 19.7 Å². The van der Waals surface area contributed by atoms with Crippen molar-refractivity contribution in [1.29, 1.82) is 0 Å². The van der Waals surface area contributed by atoms with Gasteiger partial charge in [0.1, 0.15) is 5.82 Å². The van der Waals surface area contributed by atoms with E-state index < -0.39 is 0 Å². The number of rotatable bonds is 5. The van der Waals surface area contributed by atoms with Gasteiger partial charge in [-0.15, -0.1) is 0 Å². The predicted molar refractivity (Wildman–Crippen MR) is 122 cm³/mol. The maximum Gasteiger partial charge on any atom is 0.230 e. The van der Waals surface area contributed by atoms with Crippen LogP contribution in [0.5, 0.6) is 0 Å². The SMILES string of the molecule is CCN1CCC2(CN(Cc3cccnc3)CC23CCN(Cc2ccc(F)cc2)CC3)C1=O. The molecule has 5 rings (SSSR count). The van der Waals surface area contributed by atoms with Crippen molar-refractivity contribution in [2.45, 2.75) is 39.3 Å². The topological polar surface area (TPSA) is 39.7 Å². The van der Waals surface area contributed by atoms with E-state index in [1.54, 1.807) is 12.1 Å². The molecule has 170 valence electrons. The van der Waals surface area contributed by atoms with Gasteiger partial charge in [0.15, 0.2) is 0 Å². The van der Waals surface area contributed by atoms with Crippen LogP contribution in [0.1, 0.15) is 37.3 Å². The van der Waals surface area contributed by atoms with E-state index in [0.29, 0.717) is 5.91 Å². The first kappa shape index (κ1) is 21.5. The van der Waals surface area contributed by atoms with Crippen molar-refractivity contribution in [3.63, 3.8) is 0 Å². The Kier molecular flexibility index (Phi) is 5.76. The number of hydrogen-bond donors (Lipinski definition) is 0. The molecule has 5 nitrogen and oxygen atoms in total. The predicted octanol–water partition coefficient (Wildman–Crippen LogP) is 3.56. The maximum absolute atomic E-state index is 13.7. The lowest BCUT2D eigenvalue weighted by Gasteiger charge is -2.47. The number of aromatic nitrogens is 1. The molecule has 1 amide bonds. The second-order valence-electron chi connectivity index (χ2n) is 9.91. The second kappa shape index (κ2) is 8.56. The zero-order valence-electron chi connectivity index (χ0n) is 19.0. The van der Waals surface area contributed by atoms with Crippen molar-refractivity contribution in [3.05, 3.63) is 65.7 Å². The van der Waals surface area contributed by atoms with Crippen molar-refractivity contribution in [2.24, 2.45) is 10.8 Å². The van der Waals surface area contributed by atoms with E-state index in [1.807, 2.05) is 30.6 Å². The summed E-state index contributed by atoms with van der Waals surface area (Å²) in [4.78, 5) is 25.0. The number of fused-ring (bicyclic) bond motifs is 1. The molecule has 32 heavy (non-hydrogen) atoms. The van der Waals surface area contributed by atoms with Gasteiger partial charge in [0, 0.05) is 57.1 Å². The van der Waals surface area contributed by atoms with E-state index in [4.69, 9.17) is 0 Å². The van der Waals surface area contributed by atoms with Crippen molar-refractivity contribution in [3.8, 4) is 0 Å². The Bertz CT molecular complexity index is 942. The molecular weight excluding hydrogens is 403 g/mol. The number of pyridine rings is 1. The monoisotopic (exact) mass is 436 g/mol. The number of amides is 1. The van der Waals surface area contributed by atoms with Gasteiger partial charge in [0.05, 0.1) is 5.41 Å². The van der Waals surface area contributed by atoms with Gasteiger partial charge in [-0.25, -0.2) is 4.39 Å². The number of carbonyl (C=O) groups is 1. The summed E-state index contributed by atoms with van der Waals surface area (Å²) in [6.45, 7) is 9.29. The first-order valence-corrected chi connectivity index (χ1v) is 11.9. The lowest BCUT2D eigenvalue weighted by atomic mass is 9.60. The highest BCUT2D eigenvalue weighted by Gasteiger charge is 2.64. The van der Waals surface area contributed by atoms with Crippen LogP contribution in [0.4, 0.5) is 4.39 Å². The number of halogens is 1. The fourth-order valence-corrected chi connectivity index (χ4v) is 6.45. The lowest BCUT2D eigenvalue weighted by Crippen LogP contribution is -2.52. The average molecular weight is 437 g/mol. The summed E-state index contributed by atoms with van der Waals surface area (Å²) in [5, 5.41) is 0. The third kappa shape index (κ3) is 3.73. The van der Waals surface area contributed by atoms with Crippen LogP contribution in [0.25, 0.3) is 0 Å². The van der Waals surface area contributed by atoms with E-state index in [-0.39, 0.29) is 16.6 Å². The van der Waals surface area contributed by atoms with Crippen LogP contribution in [-0.4, -0.2) is 64.9 Å². The molecule has 3 aliphatic heterocycles. The lowest BCUT2D eigenvalue weighted by molar-refractivity contribution is -0.142. The summed E-state index contributed by atoms with van der Waals surface area (Å²) < 4.78 is 13.3. The number of benzene rings is 1. The minimum absolute atomic E-state index is 0.0372. The molecule has 0 saturated carbocycles. The third-order valence-corrected chi connectivity index (χ3v) is 8.18. The van der Waals surface area contributed by atoms with Gasteiger partial charge in [-0.3, -0.25) is 19.6 Å². The minimum Gasteiger partial charge on any atom is -0.342 e. The molecule has 3 aliphatic rings. The Morgan fingerprint density at radius 1 is 0.938 bits per heavy atom. The first-order chi connectivity index (χ1) is 15.5. The fraction of sp³-hybridized carbons (Fsp3) is 0.538. The molecule has 6 heteroatoms. The number of carbonyl (C=O) groups excluding carboxylic acids is 1. The molecule has 2 spiro atoms. The van der Waals surface area contributed by atoms with Gasteiger partial charge in [0.25, 0.3) is 0 Å². The van der Waals surface area contributed by atoms with Crippen molar-refractivity contribution < 1.29 is 9.18 Å². The van der Waals surface area contributed by atoms with E-state index in [1.165, 1.54) is 5.56 Å². The molecule has 2 aromatic rings. The van der Waals surface area contributed by atoms with E-state index in [0.717, 1.165) is 77.2 Å². The maximum atomic E-state index is 13.7. The molecule has 0 bridgehead atoms. The summed E-state index contributed by atoms with van der Waals surface area (Å²) in [5.74, 6) is 0.189. The summed E-state index contributed by atoms with van der Waals surface area (Å²) in [6.07, 6.45) is 6.81. The minimum atomic E-state index is -0.257. The molecule has 0 N–H and O–H groups in total. The molecule has 0 aliphatic carbocycles. The Morgan fingerprint density at radius 3 is 2.34 bits per heavy atom. The quantitative estimate of drug-likeness (QED) is 0.719. The standard InChI is InChI=1S/C26H33FN4O/c1-2-31-15-11-26(24(31)32)20-30(18-22-4-3-12-28-16-22)19-25(26)9-13-29(14-10-25)17-21-5-7-23(27)8-6-21/h3-8,12,16H,2,9-11,13-15,17-20H2,1H3. The van der Waals surface area contributed by atoms with Crippen LogP contribution in [0, 0.1) is 16.6 Å². The third-order valence-electron chi connectivity index (χ3n) is 8.18. The van der Waals surface area contributed by atoms with Crippen LogP contribution in [0.2, 0.25) is 0 Å². The van der Waals surface area contributed by atoms with Gasteiger partial charge in [-0.05, 0) is 68.6 Å². The van der Waals surface area contributed by atoms with Gasteiger partial charge < -0.3 is 4.90 Å². The normalized spacial score (nSPS) is 25.9. The molecule has 4 heterocycles. The number of piperidine rings is 1. The van der Waals surface area contributed by atoms with Crippen LogP contribution < -0.4 is 0 Å². The van der Waals surface area contributed by atoms with Gasteiger partial charge >= 0.3 is 0 Å². The molecular formula is C26H33FN4O. The van der Waals surface area contributed by atoms with Gasteiger partial charge in [0.2, 0.25) is 5.91 Å². The highest BCUT2D eigenvalue weighted by molar-refractivity contribution is 5.86. The average Bonchev–Trinajstić information content (AvgIpc) is 3.29. The Hall–Kier alpha value is -2.31. The number of hydrogen-bond acceptors (Lipinski definition) is 4. The molecule has 1 aromatic heterocycles. The fourth-order valence-electron chi connectivity index (χ4n) is 6.45. The van der Waals surface area contributed by atoms with Crippen LogP contribution in [-0.2, 0) is 17.9 Å². The molecule has 3 saturated heterocycles. The molecule has 3 fully saturated rings. The zero-order valence-corrected chi connectivity index (χ0v) is 19.0. The Morgan fingerprint density at radius 2 is 1.69 bits per heavy atom. The Balaban J connectivity index is 1.34. The summed E-state index contributed by atoms with van der Waals surface area (Å²) in [6, 6.07) is 11.0. The molecule has 1 atom stereocenters. The van der Waals surface area contributed by atoms with Gasteiger partial charge in [-0.2, -0.15) is 0 Å². The number of likely N-dealkylation sites (tertiary alicyclic amines) is 3. The van der Waals surface area contributed by atoms with Gasteiger partial charge in [-0.1, -0.05) is 18.2 Å². The summed E-state index contributed by atoms with van der Waals surface area (Å²) >= 11 is 0. The second-order valence-corrected chi connectivity index (χ2v) is 9.91. The largest absolute Gasteiger partial charge is 0.342 e. The van der Waals surface area contributed by atoms with E-state index in [2.05, 4.69) is 32.7 Å². The smallest absolute Gasteiger partial charge is 0.230 e. The van der Waals surface area contributed by atoms with Crippen LogP contribution >= 0.6 is 0 Å².